The number of amides is 8. The van der Waals surface area contributed by atoms with Gasteiger partial charge in [0.25, 0.3) is 23.6 Å². The number of aromatic nitrogens is 6. The summed E-state index contributed by atoms with van der Waals surface area (Å²) in [5.74, 6) is 0.0782. The van der Waals surface area contributed by atoms with Crippen LogP contribution in [0.3, 0.4) is 0 Å². The molecule has 7 N–H and O–H groups in total. The van der Waals surface area contributed by atoms with Crippen molar-refractivity contribution in [2.45, 2.75) is 274 Å². The van der Waals surface area contributed by atoms with Crippen molar-refractivity contribution < 1.29 is 86.0 Å². The van der Waals surface area contributed by atoms with Crippen molar-refractivity contribution in [1.82, 2.24) is 71.4 Å². The molecule has 8 amide bonds. The Hall–Kier alpha value is -11.1. The van der Waals surface area contributed by atoms with Crippen molar-refractivity contribution in [3.63, 3.8) is 0 Å². The molecule has 9 heterocycles. The second-order valence-corrected chi connectivity index (χ2v) is 39.3. The van der Waals surface area contributed by atoms with Gasteiger partial charge in [0.1, 0.15) is 65.8 Å². The summed E-state index contributed by atoms with van der Waals surface area (Å²) in [5.41, 5.74) is 9.19. The van der Waals surface area contributed by atoms with Crippen molar-refractivity contribution in [3.8, 4) is 44.9 Å². The number of nitrogens with zero attached hydrogens (tertiary/aromatic N) is 8. The number of methoxy groups -OCH3 is 4. The van der Waals surface area contributed by atoms with E-state index in [2.05, 4.69) is 112 Å². The summed E-state index contributed by atoms with van der Waals surface area (Å²) in [6.07, 6.45) is 19.1. The molecule has 5 saturated heterocycles. The van der Waals surface area contributed by atoms with Crippen molar-refractivity contribution in [2.24, 2.45) is 28.7 Å². The maximum Gasteiger partial charge on any atom is 0.494 e. The van der Waals surface area contributed by atoms with Crippen LogP contribution in [0.2, 0.25) is 0 Å². The number of hydrogen-bond acceptors (Lipinski definition) is 22. The molecule has 0 unspecified atom stereocenters. The lowest BCUT2D eigenvalue weighted by atomic mass is 9.76. The minimum atomic E-state index is -0.816. The van der Waals surface area contributed by atoms with Gasteiger partial charge >= 0.3 is 31.5 Å². The number of carbonyl (C=O) groups excluding carboxylic acids is 8. The Morgan fingerprint density at radius 1 is 0.409 bits per heavy atom. The lowest BCUT2D eigenvalue weighted by Gasteiger charge is -2.37. The van der Waals surface area contributed by atoms with E-state index in [4.69, 9.17) is 57.6 Å². The standard InChI is InChI=1S/C45H55N7O8.C28H39BN4O6.C22H27BrN4O4.C2H4/c1-26(2)37(49-42(55)57-5)40(53)51-35(22-44(59-51)17-7-18-44)33-21-32(24-46-33)30-11-9-28(10-12-30)29-13-15-31(16-14-29)34-25-47-39(48-34)36-23-45(19-8-20-45)60-52(36)41(54)38(27(3)4)50-43(56)58-6;1-17(2)22(32-25(35)36-7)24(34)33-21(15-28(39-33)13-8-14-28)23-30-16-20(31-23)18-9-11-19(12-10-18)29-37-26(3,4)27(5,6)38-29;1-13(2)18(26-21(29)30-3)20(28)27-17(11-22(31-27)9-4-10-22)19-24-12-16(25-19)14-5-7-15(23)8-6-14;1-2/h9-16,24-27,35-38H,7-8,17-23H2,1-6H3,(H,47,48)(H,49,55)(H,50,56);9-12,16-17,21-22H,8,13-15H2,1-7H3,(H,30,31)(H,32,35);5-8,12-13,17-18H,4,9-11H2,1-3H3,(H,24,25)(H,26,29);1-2H2/t35-,36-,37-,38-;21-,22-;17-,18-;/m000./s1. The third kappa shape index (κ3) is 20.5. The summed E-state index contributed by atoms with van der Waals surface area (Å²) >= 11 is 3.45. The minimum Gasteiger partial charge on any atom is -0.453 e. The zero-order chi connectivity index (χ0) is 94.7. The quantitative estimate of drug-likeness (QED) is 0.0188. The van der Waals surface area contributed by atoms with E-state index >= 15 is 0 Å². The van der Waals surface area contributed by atoms with E-state index in [1.54, 1.807) is 18.6 Å². The first-order valence-electron chi connectivity index (χ1n) is 45.8. The van der Waals surface area contributed by atoms with Gasteiger partial charge in [0, 0.05) is 48.5 Å². The molecule has 33 nitrogen and oxygen atoms in total. The van der Waals surface area contributed by atoms with E-state index in [0.29, 0.717) is 49.6 Å². The topological polar surface area (TPSA) is 388 Å². The van der Waals surface area contributed by atoms with Crippen LogP contribution in [-0.4, -0.2) is 203 Å². The van der Waals surface area contributed by atoms with Crippen LogP contribution in [0.15, 0.2) is 144 Å². The van der Waals surface area contributed by atoms with Crippen LogP contribution in [0.1, 0.15) is 233 Å². The largest absolute Gasteiger partial charge is 0.494 e. The zero-order valence-corrected chi connectivity index (χ0v) is 79.9. The van der Waals surface area contributed by atoms with E-state index in [0.717, 1.165) is 149 Å². The lowest BCUT2D eigenvalue weighted by molar-refractivity contribution is -0.230. The van der Waals surface area contributed by atoms with Gasteiger partial charge in [-0.25, -0.2) is 54.4 Å². The number of ether oxygens (including phenoxy) is 4. The number of H-pyrrole nitrogens is 3. The average molecular weight is 1880 g/mol. The van der Waals surface area contributed by atoms with Crippen molar-refractivity contribution in [2.75, 3.05) is 28.4 Å². The molecule has 4 aromatic carbocycles. The van der Waals surface area contributed by atoms with Crippen LogP contribution in [-0.2, 0) is 66.8 Å². The molecule has 3 aromatic heterocycles. The smallest absolute Gasteiger partial charge is 0.453 e. The fourth-order valence-corrected chi connectivity index (χ4v) is 18.7. The van der Waals surface area contributed by atoms with E-state index in [1.807, 2.05) is 150 Å². The maximum absolute atomic E-state index is 13.9. The van der Waals surface area contributed by atoms with E-state index in [1.165, 1.54) is 48.7 Å². The molecule has 4 saturated carbocycles. The highest BCUT2D eigenvalue weighted by atomic mass is 79.9. The number of aliphatic imine (C=N–C) groups is 1. The number of nitrogens with one attached hydrogen (secondary N) is 7. The number of allylic oxidation sites excluding steroid dienone is 1. The zero-order valence-electron chi connectivity index (χ0n) is 78.3. The molecule has 706 valence electrons. The van der Waals surface area contributed by atoms with Crippen LogP contribution in [0.25, 0.3) is 50.5 Å². The molecule has 9 fully saturated rings. The highest BCUT2D eigenvalue weighted by Gasteiger charge is 2.59. The third-order valence-electron chi connectivity index (χ3n) is 27.6. The molecular weight excluding hydrogens is 1750 g/mol. The molecule has 17 rings (SSSR count). The first-order chi connectivity index (χ1) is 63.0. The Morgan fingerprint density at radius 2 is 0.674 bits per heavy atom. The number of alkyl carbamates (subject to hydrolysis) is 4. The van der Waals surface area contributed by atoms with Gasteiger partial charge in [0.15, 0.2) is 0 Å². The molecule has 132 heavy (non-hydrogen) atoms. The van der Waals surface area contributed by atoms with Gasteiger partial charge in [-0.1, -0.05) is 156 Å². The predicted octanol–water partition coefficient (Wildman–Crippen LogP) is 16.3. The van der Waals surface area contributed by atoms with Gasteiger partial charge < -0.3 is 64.5 Å². The van der Waals surface area contributed by atoms with E-state index < -0.39 is 84.5 Å². The van der Waals surface area contributed by atoms with Crippen molar-refractivity contribution in [1.29, 1.82) is 0 Å². The molecule has 8 atom stereocenters. The monoisotopic (exact) mass is 1880 g/mol. The molecule has 4 aliphatic carbocycles. The maximum atomic E-state index is 13.9. The summed E-state index contributed by atoms with van der Waals surface area (Å²) in [5, 5.41) is 16.4. The van der Waals surface area contributed by atoms with E-state index in [-0.39, 0.29) is 76.2 Å². The molecule has 6 aliphatic heterocycles. The number of hydrogen-bond donors (Lipinski definition) is 7. The highest BCUT2D eigenvalue weighted by molar-refractivity contribution is 9.10. The lowest BCUT2D eigenvalue weighted by Crippen LogP contribution is -2.53. The summed E-state index contributed by atoms with van der Waals surface area (Å²) in [6.45, 7) is 29.2. The number of imidazole rings is 3. The number of aromatic amines is 3. The van der Waals surface area contributed by atoms with Crippen molar-refractivity contribution in [3.05, 3.63) is 163 Å². The average Bonchev–Trinajstić information content (AvgIpc) is 1.61. The fraction of sp³-hybridized carbons (Fsp3) is 0.526. The molecule has 4 spiro atoms. The van der Waals surface area contributed by atoms with Gasteiger partial charge in [-0.15, -0.1) is 13.2 Å². The number of benzene rings is 4. The Morgan fingerprint density at radius 3 is 0.955 bits per heavy atom. The molecule has 0 bridgehead atoms. The summed E-state index contributed by atoms with van der Waals surface area (Å²) in [7, 11) is 4.69. The number of carbonyl (C=O) groups is 8. The van der Waals surface area contributed by atoms with Gasteiger partial charge in [0.05, 0.1) is 97.7 Å². The van der Waals surface area contributed by atoms with Crippen LogP contribution in [0, 0.1) is 23.7 Å². The molecular formula is C97H125BBrN15O18. The van der Waals surface area contributed by atoms with Gasteiger partial charge in [-0.2, -0.15) is 0 Å². The highest BCUT2D eigenvalue weighted by Crippen LogP contribution is 2.55. The Labute approximate surface area is 779 Å². The van der Waals surface area contributed by atoms with Crippen LogP contribution >= 0.6 is 15.9 Å². The van der Waals surface area contributed by atoms with Crippen LogP contribution < -0.4 is 26.7 Å². The third-order valence-corrected chi connectivity index (χ3v) is 28.1. The number of rotatable bonds is 22. The second-order valence-electron chi connectivity index (χ2n) is 38.3. The van der Waals surface area contributed by atoms with Crippen LogP contribution in [0.5, 0.6) is 0 Å². The fourth-order valence-electron chi connectivity index (χ4n) is 18.4. The summed E-state index contributed by atoms with van der Waals surface area (Å²) < 4.78 is 32.4. The van der Waals surface area contributed by atoms with Gasteiger partial charge in [0.2, 0.25) is 0 Å². The molecule has 0 radical (unpaired) electrons. The first kappa shape index (κ1) is 97.0. The summed E-state index contributed by atoms with van der Waals surface area (Å²) in [6, 6.07) is 28.0. The second kappa shape index (κ2) is 40.0. The number of halogens is 1. The Kier molecular flexibility index (Phi) is 29.4. The SMILES string of the molecule is C=C.COC(=O)N[C@H](C(=O)N1OC2(CCC2)C[C@H]1C1=NC=C(c2ccc(-c3ccc(-c4cnc([C@@H]5CC6(CCC6)ON5C(=O)[C@@H](NC(=O)OC)C(C)C)[nH]4)cc3)cc2)C1)C(C)C.COC(=O)N[C@H](C(=O)N1OC2(CCC2)C[C@H]1c1ncc(-c2ccc(B3OC(C)(C)C(C)(C)O3)cc2)[nH]1)C(C)C.COC(=O)N[C@H](C(=O)N1OC2(CCC2)C[C@H]1c1ncc(-c2ccc(Br)cc2)[nH]1)C(C)C. The molecule has 35 heteroatoms. The number of hydroxylamine groups is 8. The first-order valence-corrected chi connectivity index (χ1v) is 46.6. The van der Waals surface area contributed by atoms with E-state index in [9.17, 15) is 38.4 Å². The molecule has 10 aliphatic rings. The normalized spacial score (nSPS) is 22.0. The van der Waals surface area contributed by atoms with Crippen LogP contribution in [0.4, 0.5) is 19.2 Å². The Balaban J connectivity index is 0.000000168. The van der Waals surface area contributed by atoms with Gasteiger partial charge in [-0.05, 0) is 185 Å². The predicted molar refractivity (Wildman–Crippen MR) is 497 cm³/mol. The summed E-state index contributed by atoms with van der Waals surface area (Å²) in [4.78, 5) is 157. The van der Waals surface area contributed by atoms with Gasteiger partial charge in [-0.3, -0.25) is 43.5 Å². The minimum absolute atomic E-state index is 0.135. The van der Waals surface area contributed by atoms with Crippen molar-refractivity contribution >= 4 is 87.8 Å². The Bertz CT molecular complexity index is 5350. The molecule has 7 aromatic rings.